The van der Waals surface area contributed by atoms with Crippen molar-refractivity contribution in [2.45, 2.75) is 26.2 Å². The standard InChI is InChI=1S/C20H21FN2O3.C2H6.FH/c1-23-11-10-15(13-6-5-7-14(12-13)26-2)18(20(23)25)19(24)22-17-9-4-3-8-16(17)21;1-2;/h3-9,12,15,18H,10-11H2,1-2H3,(H,22,24);1-2H3;1H. The predicted octanol–water partition coefficient (Wildman–Crippen LogP) is 4.21. The summed E-state index contributed by atoms with van der Waals surface area (Å²) in [7, 11) is 3.24. The predicted molar refractivity (Wildman–Crippen MR) is 110 cm³/mol. The van der Waals surface area contributed by atoms with Gasteiger partial charge in [0.1, 0.15) is 17.5 Å². The van der Waals surface area contributed by atoms with E-state index in [0.29, 0.717) is 18.7 Å². The number of carbonyl (C=O) groups is 2. The number of rotatable bonds is 4. The number of para-hydroxylation sites is 1. The highest BCUT2D eigenvalue weighted by Gasteiger charge is 2.41. The van der Waals surface area contributed by atoms with Crippen molar-refractivity contribution in [3.05, 3.63) is 59.9 Å². The second kappa shape index (κ2) is 11.1. The zero-order valence-electron chi connectivity index (χ0n) is 17.1. The van der Waals surface area contributed by atoms with Gasteiger partial charge in [-0.05, 0) is 36.2 Å². The van der Waals surface area contributed by atoms with E-state index in [-0.39, 0.29) is 22.2 Å². The Bertz CT molecular complexity index is 829. The molecule has 2 aromatic rings. The third kappa shape index (κ3) is 5.53. The number of nitrogens with one attached hydrogen (secondary N) is 1. The third-order valence-electron chi connectivity index (χ3n) is 4.76. The van der Waals surface area contributed by atoms with Crippen molar-refractivity contribution in [1.29, 1.82) is 0 Å². The monoisotopic (exact) mass is 406 g/mol. The highest BCUT2D eigenvalue weighted by atomic mass is 19.1. The first kappa shape index (κ1) is 24.1. The summed E-state index contributed by atoms with van der Waals surface area (Å²) in [6.45, 7) is 4.56. The summed E-state index contributed by atoms with van der Waals surface area (Å²) >= 11 is 0. The normalized spacial score (nSPS) is 18.1. The fourth-order valence-corrected chi connectivity index (χ4v) is 3.32. The lowest BCUT2D eigenvalue weighted by atomic mass is 9.79. The molecular formula is C22H28F2N2O3. The van der Waals surface area contributed by atoms with Crippen LogP contribution in [0, 0.1) is 11.7 Å². The molecule has 1 heterocycles. The Labute approximate surface area is 170 Å². The molecule has 0 radical (unpaired) electrons. The Hall–Kier alpha value is -2.96. The van der Waals surface area contributed by atoms with E-state index >= 15 is 0 Å². The number of amides is 2. The van der Waals surface area contributed by atoms with Crippen LogP contribution in [0.25, 0.3) is 0 Å². The van der Waals surface area contributed by atoms with Gasteiger partial charge in [-0.1, -0.05) is 38.1 Å². The van der Waals surface area contributed by atoms with Crippen LogP contribution in [-0.2, 0) is 9.59 Å². The number of ether oxygens (including phenoxy) is 1. The number of methoxy groups -OCH3 is 1. The van der Waals surface area contributed by atoms with Gasteiger partial charge in [-0.15, -0.1) is 0 Å². The van der Waals surface area contributed by atoms with Crippen molar-refractivity contribution in [3.63, 3.8) is 0 Å². The molecule has 0 aliphatic carbocycles. The molecule has 1 aliphatic heterocycles. The molecule has 1 aliphatic rings. The van der Waals surface area contributed by atoms with Crippen molar-refractivity contribution in [2.24, 2.45) is 5.92 Å². The number of halogens is 2. The zero-order chi connectivity index (χ0) is 20.7. The molecule has 0 spiro atoms. The SMILES string of the molecule is CC.COc1cccc(C2CCN(C)C(=O)C2C(=O)Nc2ccccc2F)c1.F. The highest BCUT2D eigenvalue weighted by molar-refractivity contribution is 6.07. The van der Waals surface area contributed by atoms with Crippen LogP contribution in [0.1, 0.15) is 31.7 Å². The molecule has 2 amide bonds. The Morgan fingerprint density at radius 3 is 2.52 bits per heavy atom. The molecule has 29 heavy (non-hydrogen) atoms. The first-order chi connectivity index (χ1) is 13.5. The average Bonchev–Trinajstić information content (AvgIpc) is 2.73. The summed E-state index contributed by atoms with van der Waals surface area (Å²) in [6, 6.07) is 13.3. The molecule has 5 nitrogen and oxygen atoms in total. The van der Waals surface area contributed by atoms with Gasteiger partial charge in [0.2, 0.25) is 11.8 Å². The molecule has 3 rings (SSSR count). The Morgan fingerprint density at radius 2 is 1.86 bits per heavy atom. The topological polar surface area (TPSA) is 58.6 Å². The fraction of sp³-hybridized carbons (Fsp3) is 0.364. The number of likely N-dealkylation sites (tertiary alicyclic amines) is 1. The van der Waals surface area contributed by atoms with Gasteiger partial charge < -0.3 is 15.0 Å². The van der Waals surface area contributed by atoms with Crippen LogP contribution < -0.4 is 10.1 Å². The van der Waals surface area contributed by atoms with E-state index < -0.39 is 17.6 Å². The van der Waals surface area contributed by atoms with E-state index in [1.807, 2.05) is 38.1 Å². The largest absolute Gasteiger partial charge is 0.497 e. The zero-order valence-corrected chi connectivity index (χ0v) is 17.1. The molecule has 0 saturated carbocycles. The lowest BCUT2D eigenvalue weighted by Crippen LogP contribution is -2.47. The highest BCUT2D eigenvalue weighted by Crippen LogP contribution is 2.35. The van der Waals surface area contributed by atoms with E-state index in [9.17, 15) is 14.0 Å². The maximum Gasteiger partial charge on any atom is 0.237 e. The van der Waals surface area contributed by atoms with Crippen molar-refractivity contribution < 1.29 is 23.4 Å². The van der Waals surface area contributed by atoms with Gasteiger partial charge in [0, 0.05) is 19.5 Å². The molecule has 1 N–H and O–H groups in total. The molecule has 0 bridgehead atoms. The van der Waals surface area contributed by atoms with Gasteiger partial charge in [-0.2, -0.15) is 0 Å². The average molecular weight is 406 g/mol. The van der Waals surface area contributed by atoms with Crippen LogP contribution in [0.2, 0.25) is 0 Å². The molecule has 2 unspecified atom stereocenters. The van der Waals surface area contributed by atoms with Gasteiger partial charge in [-0.25, -0.2) is 4.39 Å². The lowest BCUT2D eigenvalue weighted by molar-refractivity contribution is -0.143. The van der Waals surface area contributed by atoms with E-state index in [1.165, 1.54) is 12.1 Å². The number of nitrogens with zero attached hydrogens (tertiary/aromatic N) is 1. The Kier molecular flexibility index (Phi) is 9.25. The summed E-state index contributed by atoms with van der Waals surface area (Å²) in [5, 5.41) is 2.57. The lowest BCUT2D eigenvalue weighted by Gasteiger charge is -2.35. The minimum atomic E-state index is -0.916. The smallest absolute Gasteiger partial charge is 0.237 e. The fourth-order valence-electron chi connectivity index (χ4n) is 3.32. The first-order valence-corrected chi connectivity index (χ1v) is 9.45. The second-order valence-corrected chi connectivity index (χ2v) is 6.38. The van der Waals surface area contributed by atoms with Crippen molar-refractivity contribution in [2.75, 3.05) is 26.0 Å². The summed E-state index contributed by atoms with van der Waals surface area (Å²) in [5.41, 5.74) is 0.933. The minimum absolute atomic E-state index is 0. The van der Waals surface area contributed by atoms with Crippen molar-refractivity contribution in [3.8, 4) is 5.75 Å². The minimum Gasteiger partial charge on any atom is -0.497 e. The molecule has 7 heteroatoms. The van der Waals surface area contributed by atoms with Crippen LogP contribution in [0.4, 0.5) is 14.8 Å². The van der Waals surface area contributed by atoms with Crippen molar-refractivity contribution in [1.82, 2.24) is 4.90 Å². The number of benzene rings is 2. The maximum absolute atomic E-state index is 13.9. The molecule has 0 aromatic heterocycles. The summed E-state index contributed by atoms with van der Waals surface area (Å²) < 4.78 is 19.1. The first-order valence-electron chi connectivity index (χ1n) is 9.45. The van der Waals surface area contributed by atoms with Gasteiger partial charge in [-0.3, -0.25) is 14.3 Å². The number of carbonyl (C=O) groups excluding carboxylic acids is 2. The number of anilines is 1. The van der Waals surface area contributed by atoms with Gasteiger partial charge in [0.05, 0.1) is 12.8 Å². The maximum atomic E-state index is 13.9. The van der Waals surface area contributed by atoms with Gasteiger partial charge >= 0.3 is 0 Å². The van der Waals surface area contributed by atoms with Crippen LogP contribution >= 0.6 is 0 Å². The van der Waals surface area contributed by atoms with Gasteiger partial charge in [0.15, 0.2) is 0 Å². The molecule has 1 saturated heterocycles. The van der Waals surface area contributed by atoms with Gasteiger partial charge in [0.25, 0.3) is 0 Å². The van der Waals surface area contributed by atoms with E-state index in [0.717, 1.165) is 5.56 Å². The number of hydrogen-bond acceptors (Lipinski definition) is 3. The molecule has 158 valence electrons. The third-order valence-corrected chi connectivity index (χ3v) is 4.76. The van der Waals surface area contributed by atoms with Crippen LogP contribution in [-0.4, -0.2) is 37.4 Å². The van der Waals surface area contributed by atoms with Crippen molar-refractivity contribution >= 4 is 17.5 Å². The van der Waals surface area contributed by atoms with Crippen LogP contribution in [0.3, 0.4) is 0 Å². The summed E-state index contributed by atoms with van der Waals surface area (Å²) in [4.78, 5) is 27.1. The van der Waals surface area contributed by atoms with E-state index in [1.54, 1.807) is 31.2 Å². The second-order valence-electron chi connectivity index (χ2n) is 6.38. The molecular weight excluding hydrogens is 378 g/mol. The number of piperidine rings is 1. The number of hydrogen-bond donors (Lipinski definition) is 1. The summed E-state index contributed by atoms with van der Waals surface area (Å²) in [6.07, 6.45) is 0.644. The Balaban J connectivity index is 0.00000136. The Morgan fingerprint density at radius 1 is 1.17 bits per heavy atom. The molecule has 2 atom stereocenters. The van der Waals surface area contributed by atoms with E-state index in [4.69, 9.17) is 4.74 Å². The molecule has 2 aromatic carbocycles. The van der Waals surface area contributed by atoms with Crippen LogP contribution in [0.15, 0.2) is 48.5 Å². The molecule has 1 fully saturated rings. The summed E-state index contributed by atoms with van der Waals surface area (Å²) in [5.74, 6) is -1.84. The van der Waals surface area contributed by atoms with Crippen LogP contribution in [0.5, 0.6) is 5.75 Å². The quantitative estimate of drug-likeness (QED) is 0.774. The van der Waals surface area contributed by atoms with E-state index in [2.05, 4.69) is 5.32 Å².